The number of hydrogen-bond donors (Lipinski definition) is 0. The van der Waals surface area contributed by atoms with Crippen LogP contribution >= 0.6 is 0 Å². The monoisotopic (exact) mass is 1810 g/mol. The minimum Gasteiger partial charge on any atom is -0.289 e. The van der Waals surface area contributed by atoms with Gasteiger partial charge in [-0.05, 0) is 403 Å². The molecule has 140 heavy (non-hydrogen) atoms. The van der Waals surface area contributed by atoms with Crippen molar-refractivity contribution in [3.8, 4) is 0 Å². The topological polar surface area (TPSA) is 229 Å². The molecule has 0 unspecified atom stereocenters. The standard InChI is InChI=1S/C30H24BN4.C30H26BN4.C28H22BN6.C28H24BN6/c1-32-25-13-5-21(6-14-25)29(22-7-15-26(33-2)16-8-22)30(31-29,23-9-17-27(34-3)18-10-23)24-11-19-28(35-4)20-12-24;1-32-25-13-5-21(6-14-25)29(22-7-15-26(33-2)16-8-22)31-30(23-9-17-27(34-3)18-10-23)24-11-19-28(35-4)20-12-24;1-30-19-5-11-23(12-6-19)34-27-15-9-21(32-3)17-25(27)29-26-18-22(33-4)10-16-28(26)35(34)24-13-7-20(31-2)8-14-24;1-30-19-5-9-21(10-6-19)34-27-15-13-23(32-3)17-25(27)29-26-18-24(33-4)14-16-28(26)35-22-11-7-20(31-2)8-12-22/h5-20H,1-4H2;5-20H,1,3H2,2,4H3;5-18H,1-4H2;5-18H,3-4H2,1-2H3. The second-order valence-corrected chi connectivity index (χ2v) is 32.1. The van der Waals surface area contributed by atoms with E-state index in [1.807, 2.05) is 262 Å². The van der Waals surface area contributed by atoms with Crippen molar-refractivity contribution in [2.24, 2.45) is 89.9 Å². The van der Waals surface area contributed by atoms with Crippen LogP contribution in [0.2, 0.25) is 0 Å². The zero-order chi connectivity index (χ0) is 98.1. The number of nitrogens with zero attached hydrogens (tertiary/aromatic N) is 20. The van der Waals surface area contributed by atoms with Gasteiger partial charge in [0.25, 0.3) is 0 Å². The number of allylic oxidation sites excluding steroid dienone is 18. The van der Waals surface area contributed by atoms with Crippen LogP contribution < -0.4 is 31.9 Å². The summed E-state index contributed by atoms with van der Waals surface area (Å²) in [4.78, 5) is 75.7. The predicted octanol–water partition coefficient (Wildman–Crippen LogP) is 23.9. The number of aliphatic imine (C=N–C) groups is 18. The Balaban J connectivity index is 0.000000141. The van der Waals surface area contributed by atoms with Crippen molar-refractivity contribution in [3.63, 3.8) is 0 Å². The minimum absolute atomic E-state index is 0.418. The van der Waals surface area contributed by atoms with Crippen molar-refractivity contribution in [1.29, 1.82) is 0 Å². The summed E-state index contributed by atoms with van der Waals surface area (Å²) in [6, 6.07) is 89.0. The molecule has 2 aliphatic heterocycles. The Bertz CT molecular complexity index is 6790. The van der Waals surface area contributed by atoms with Gasteiger partial charge in [-0.25, -0.2) is 20.0 Å². The molecular formula is C116H96B4N20. The van der Waals surface area contributed by atoms with E-state index in [1.54, 1.807) is 28.2 Å². The van der Waals surface area contributed by atoms with Gasteiger partial charge in [-0.2, -0.15) is 0 Å². The molecule has 12 aromatic carbocycles. The summed E-state index contributed by atoms with van der Waals surface area (Å²) < 4.78 is 0. The third kappa shape index (κ3) is 21.8. The zero-order valence-corrected chi connectivity index (χ0v) is 78.4. The van der Waals surface area contributed by atoms with Crippen LogP contribution in [0, 0.1) is 0 Å². The van der Waals surface area contributed by atoms with E-state index in [0.717, 1.165) is 192 Å². The van der Waals surface area contributed by atoms with Crippen LogP contribution in [-0.2, 0) is 10.6 Å². The molecule has 672 valence electrons. The van der Waals surface area contributed by atoms with E-state index in [0.29, 0.717) is 0 Å². The van der Waals surface area contributed by atoms with Gasteiger partial charge < -0.3 is 0 Å². The Morgan fingerprint density at radius 3 is 0.743 bits per heavy atom. The van der Waals surface area contributed by atoms with Gasteiger partial charge in [0.05, 0.1) is 137 Å². The van der Waals surface area contributed by atoms with E-state index >= 15 is 0 Å². The summed E-state index contributed by atoms with van der Waals surface area (Å²) in [7, 11) is 16.0. The molecule has 0 N–H and O–H groups in total. The zero-order valence-electron chi connectivity index (χ0n) is 78.4. The maximum absolute atomic E-state index is 4.85. The second kappa shape index (κ2) is 45.3. The Kier molecular flexibility index (Phi) is 31.3. The van der Waals surface area contributed by atoms with Crippen molar-refractivity contribution in [2.75, 3.05) is 38.2 Å². The largest absolute Gasteiger partial charge is 0.289 e. The van der Waals surface area contributed by atoms with Crippen molar-refractivity contribution < 1.29 is 0 Å². The molecule has 12 aromatic rings. The molecule has 0 aromatic heterocycles. The van der Waals surface area contributed by atoms with Gasteiger partial charge in [0.1, 0.15) is 0 Å². The van der Waals surface area contributed by atoms with Gasteiger partial charge in [-0.15, -0.1) is 0 Å². The Morgan fingerprint density at radius 1 is 0.250 bits per heavy atom. The number of anilines is 4. The van der Waals surface area contributed by atoms with Crippen LogP contribution in [-0.4, -0.2) is 172 Å². The number of hydrazine groups is 1. The Morgan fingerprint density at radius 2 is 0.479 bits per heavy atom. The smallest absolute Gasteiger partial charge is 0.197 e. The van der Waals surface area contributed by atoms with Crippen molar-refractivity contribution in [1.82, 2.24) is 0 Å². The number of benzene rings is 12. The lowest BCUT2D eigenvalue weighted by molar-refractivity contribution is 0.690. The minimum atomic E-state index is -0.418. The molecule has 2 heterocycles. The summed E-state index contributed by atoms with van der Waals surface area (Å²) in [5.41, 5.74) is 35.5. The van der Waals surface area contributed by atoms with Gasteiger partial charge in [-0.1, -0.05) is 130 Å². The normalized spacial score (nSPS) is 13.8. The van der Waals surface area contributed by atoms with Gasteiger partial charge in [0.2, 0.25) is 0 Å². The fraction of sp³-hybridized carbons (Fsp3) is 0.0517. The number of hydrogen-bond acceptors (Lipinski definition) is 20. The molecule has 6 aliphatic rings. The number of rotatable bonds is 26. The maximum Gasteiger partial charge on any atom is 0.197 e. The molecule has 1 saturated heterocycles. The molecule has 0 bridgehead atoms. The van der Waals surface area contributed by atoms with Crippen LogP contribution in [0.15, 0.2) is 465 Å². The van der Waals surface area contributed by atoms with E-state index in [2.05, 4.69) is 302 Å². The average Bonchev–Trinajstić information content (AvgIpc) is 1.48. The van der Waals surface area contributed by atoms with Gasteiger partial charge in [-0.3, -0.25) is 79.9 Å². The van der Waals surface area contributed by atoms with E-state index < -0.39 is 10.6 Å². The van der Waals surface area contributed by atoms with E-state index in [-0.39, 0.29) is 0 Å². The van der Waals surface area contributed by atoms with Crippen LogP contribution in [0.1, 0.15) is 33.4 Å². The first-order valence-corrected chi connectivity index (χ1v) is 44.5. The molecule has 0 saturated carbocycles. The molecule has 4 radical (unpaired) electrons. The first-order chi connectivity index (χ1) is 68.5. The lowest BCUT2D eigenvalue weighted by Gasteiger charge is -2.38. The lowest BCUT2D eigenvalue weighted by Crippen LogP contribution is -2.37. The van der Waals surface area contributed by atoms with Gasteiger partial charge in [0, 0.05) is 28.2 Å². The molecule has 18 rings (SSSR count). The first-order valence-electron chi connectivity index (χ1n) is 44.5. The molecule has 24 heteroatoms. The Hall–Kier alpha value is -18.0. The van der Waals surface area contributed by atoms with Crippen LogP contribution in [0.25, 0.3) is 10.9 Å². The molecule has 4 aliphatic carbocycles. The van der Waals surface area contributed by atoms with E-state index in [9.17, 15) is 0 Å². The molecule has 0 spiro atoms. The van der Waals surface area contributed by atoms with E-state index in [4.69, 9.17) is 9.98 Å². The predicted molar refractivity (Wildman–Crippen MR) is 610 cm³/mol. The number of fused-ring (bicyclic) bond motifs is 2. The fourth-order valence-corrected chi connectivity index (χ4v) is 16.8. The highest BCUT2D eigenvalue weighted by Gasteiger charge is 2.71. The molecule has 1 fully saturated rings. The quantitative estimate of drug-likeness (QED) is 0.0293. The summed E-state index contributed by atoms with van der Waals surface area (Å²) in [5.74, 6) is 0. The summed E-state index contributed by atoms with van der Waals surface area (Å²) in [6.07, 6.45) is 32.1. The SMILES string of the molecule is C=Nc1ccc(C([B]C(=C2C=CC(=NC)C=C2)c2ccc(N=C)cc2)=C2C=CC(=NC)C=C2)cc1.C=Nc1ccc(C2(c3ccc(N=C)cc3)[B]C2(c2ccc(N=C)cc2)c2ccc(N=C)cc2)cc1.C=Nc1ccc(N2c3ccc(N=C)cc3[B]c3cc(N=C)ccc3N2c2ccc(N=C)cc2)cc1.C=Nc1ccc(N=C2C=CC(=NC)C=C2)c([B]c2cc(N=C)ccc2N=C2C=CC(=NC)C=C2)c1. The molecular weight excluding hydrogens is 1720 g/mol. The second-order valence-electron chi connectivity index (χ2n) is 32.1. The highest BCUT2D eigenvalue weighted by Crippen LogP contribution is 2.65. The highest BCUT2D eigenvalue weighted by molar-refractivity contribution is 6.79. The molecule has 20 nitrogen and oxygen atoms in total. The lowest BCUT2D eigenvalue weighted by atomic mass is 9.55. The van der Waals surface area contributed by atoms with Crippen molar-refractivity contribution in [2.45, 2.75) is 10.6 Å². The van der Waals surface area contributed by atoms with E-state index in [1.165, 1.54) is 22.3 Å². The van der Waals surface area contributed by atoms with Crippen LogP contribution in [0.4, 0.5) is 102 Å². The first kappa shape index (κ1) is 96.5. The summed E-state index contributed by atoms with van der Waals surface area (Å²) in [6.45, 7) is 44.0. The molecule has 0 atom stereocenters. The third-order valence-electron chi connectivity index (χ3n) is 24.2. The van der Waals surface area contributed by atoms with Crippen molar-refractivity contribution >= 4 is 279 Å². The third-order valence-corrected chi connectivity index (χ3v) is 24.2. The Labute approximate surface area is 821 Å². The van der Waals surface area contributed by atoms with Crippen LogP contribution in [0.3, 0.4) is 0 Å². The van der Waals surface area contributed by atoms with Gasteiger partial charge in [0.15, 0.2) is 29.1 Å². The molecule has 0 amide bonds. The van der Waals surface area contributed by atoms with Gasteiger partial charge >= 0.3 is 0 Å². The summed E-state index contributed by atoms with van der Waals surface area (Å²) >= 11 is 0. The van der Waals surface area contributed by atoms with Crippen molar-refractivity contribution in [3.05, 3.63) is 409 Å². The fourth-order valence-electron chi connectivity index (χ4n) is 16.8. The highest BCUT2D eigenvalue weighted by atomic mass is 15.6. The maximum atomic E-state index is 4.85. The van der Waals surface area contributed by atoms with Crippen LogP contribution in [0.5, 0.6) is 0 Å². The average molecular weight is 1810 g/mol. The summed E-state index contributed by atoms with van der Waals surface area (Å²) in [5, 5.41) is 3.51.